The number of nitrogens with one attached hydrogen (secondary N) is 1. The van der Waals surface area contributed by atoms with Crippen LogP contribution in [0.4, 0.5) is 5.82 Å². The predicted molar refractivity (Wildman–Crippen MR) is 58.7 cm³/mol. The van der Waals surface area contributed by atoms with Gasteiger partial charge >= 0.3 is 0 Å². The third-order valence-corrected chi connectivity index (χ3v) is 2.22. The highest BCUT2D eigenvalue weighted by Crippen LogP contribution is 2.22. The van der Waals surface area contributed by atoms with Gasteiger partial charge in [0.05, 0.1) is 19.8 Å². The summed E-state index contributed by atoms with van der Waals surface area (Å²) in [6, 6.07) is 1.83. The molecule has 0 unspecified atom stereocenters. The van der Waals surface area contributed by atoms with Gasteiger partial charge in [0.2, 0.25) is 0 Å². The van der Waals surface area contributed by atoms with Crippen molar-refractivity contribution in [2.75, 3.05) is 32.7 Å². The summed E-state index contributed by atoms with van der Waals surface area (Å²) in [6.45, 7) is 5.97. The first-order chi connectivity index (χ1) is 7.06. The van der Waals surface area contributed by atoms with E-state index >= 15 is 0 Å². The van der Waals surface area contributed by atoms with Gasteiger partial charge in [0, 0.05) is 24.3 Å². The average molecular weight is 213 g/mol. The molecule has 86 valence electrons. The zero-order valence-corrected chi connectivity index (χ0v) is 9.54. The summed E-state index contributed by atoms with van der Waals surface area (Å²) in [7, 11) is 1.66. The molecule has 0 aliphatic carbocycles. The van der Waals surface area contributed by atoms with Gasteiger partial charge in [-0.25, -0.2) is 0 Å². The minimum atomic E-state index is -0.113. The highest BCUT2D eigenvalue weighted by atomic mass is 16.5. The van der Waals surface area contributed by atoms with Crippen LogP contribution in [-0.2, 0) is 14.9 Å². The summed E-state index contributed by atoms with van der Waals surface area (Å²) < 4.78 is 10.4. The van der Waals surface area contributed by atoms with Crippen LogP contribution in [0.25, 0.3) is 0 Å². The van der Waals surface area contributed by atoms with Gasteiger partial charge in [-0.3, -0.25) is 5.10 Å². The lowest BCUT2D eigenvalue weighted by Gasteiger charge is -2.22. The van der Waals surface area contributed by atoms with Crippen molar-refractivity contribution in [1.82, 2.24) is 10.2 Å². The fourth-order valence-corrected chi connectivity index (χ4v) is 1.23. The highest BCUT2D eigenvalue weighted by molar-refractivity contribution is 5.31. The maximum atomic E-state index is 5.55. The third kappa shape index (κ3) is 3.53. The molecule has 0 saturated carbocycles. The second kappa shape index (κ2) is 5.14. The van der Waals surface area contributed by atoms with Crippen LogP contribution in [0, 0.1) is 0 Å². The van der Waals surface area contributed by atoms with Gasteiger partial charge in [-0.05, 0) is 0 Å². The Kier molecular flexibility index (Phi) is 4.11. The van der Waals surface area contributed by atoms with E-state index in [1.165, 1.54) is 0 Å². The van der Waals surface area contributed by atoms with Gasteiger partial charge in [-0.1, -0.05) is 13.8 Å². The first kappa shape index (κ1) is 12.0. The Hall–Kier alpha value is -1.07. The minimum Gasteiger partial charge on any atom is -0.382 e. The first-order valence-electron chi connectivity index (χ1n) is 4.94. The topological polar surface area (TPSA) is 73.2 Å². The molecule has 3 N–H and O–H groups in total. The van der Waals surface area contributed by atoms with Crippen LogP contribution in [0.1, 0.15) is 19.5 Å². The summed E-state index contributed by atoms with van der Waals surface area (Å²) in [4.78, 5) is 0. The molecule has 1 aromatic heterocycles. The lowest BCUT2D eigenvalue weighted by atomic mass is 9.90. The summed E-state index contributed by atoms with van der Waals surface area (Å²) >= 11 is 0. The van der Waals surface area contributed by atoms with Gasteiger partial charge in [-0.15, -0.1) is 0 Å². The Morgan fingerprint density at radius 1 is 1.47 bits per heavy atom. The summed E-state index contributed by atoms with van der Waals surface area (Å²) in [5, 5.41) is 6.80. The number of nitrogen functional groups attached to an aromatic ring is 1. The quantitative estimate of drug-likeness (QED) is 0.689. The number of rotatable bonds is 6. The summed E-state index contributed by atoms with van der Waals surface area (Å²) in [5.41, 5.74) is 6.42. The van der Waals surface area contributed by atoms with Crippen LogP contribution in [0.2, 0.25) is 0 Å². The Labute approximate surface area is 90.0 Å². The molecule has 0 radical (unpaired) electrons. The summed E-state index contributed by atoms with van der Waals surface area (Å²) in [5.74, 6) is 0.509. The van der Waals surface area contributed by atoms with Gasteiger partial charge in [0.1, 0.15) is 5.82 Å². The lowest BCUT2D eigenvalue weighted by Crippen LogP contribution is -2.25. The Morgan fingerprint density at radius 3 is 2.73 bits per heavy atom. The van der Waals surface area contributed by atoms with Gasteiger partial charge in [0.15, 0.2) is 0 Å². The number of methoxy groups -OCH3 is 1. The van der Waals surface area contributed by atoms with Crippen LogP contribution in [0.5, 0.6) is 0 Å². The van der Waals surface area contributed by atoms with Crippen molar-refractivity contribution < 1.29 is 9.47 Å². The maximum Gasteiger partial charge on any atom is 0.145 e. The molecule has 0 fully saturated rings. The number of hydrogen-bond acceptors (Lipinski definition) is 4. The molecule has 1 aromatic rings. The molecule has 0 aromatic carbocycles. The van der Waals surface area contributed by atoms with Gasteiger partial charge in [-0.2, -0.15) is 5.10 Å². The van der Waals surface area contributed by atoms with E-state index in [0.29, 0.717) is 25.6 Å². The van der Waals surface area contributed by atoms with E-state index in [2.05, 4.69) is 24.0 Å². The molecular formula is C10H19N3O2. The number of nitrogens with two attached hydrogens (primary N) is 1. The molecule has 1 heterocycles. The number of H-pyrrole nitrogens is 1. The Morgan fingerprint density at radius 2 is 2.20 bits per heavy atom. The Bertz CT molecular complexity index is 297. The molecule has 0 aliphatic heterocycles. The van der Waals surface area contributed by atoms with E-state index in [4.69, 9.17) is 15.2 Å². The van der Waals surface area contributed by atoms with Crippen molar-refractivity contribution in [2.24, 2.45) is 0 Å². The molecule has 0 spiro atoms. The van der Waals surface area contributed by atoms with Gasteiger partial charge in [0.25, 0.3) is 0 Å². The molecule has 0 aliphatic rings. The van der Waals surface area contributed by atoms with E-state index in [-0.39, 0.29) is 5.41 Å². The molecule has 15 heavy (non-hydrogen) atoms. The van der Waals surface area contributed by atoms with Crippen molar-refractivity contribution in [2.45, 2.75) is 19.3 Å². The standard InChI is InChI=1S/C10H19N3O2/c1-10(2,7-15-5-4-14-3)8-6-9(11)13-12-8/h6H,4-5,7H2,1-3H3,(H3,11,12,13). The maximum absolute atomic E-state index is 5.55. The van der Waals surface area contributed by atoms with Crippen molar-refractivity contribution in [1.29, 1.82) is 0 Å². The zero-order chi connectivity index (χ0) is 11.3. The molecular weight excluding hydrogens is 194 g/mol. The fraction of sp³-hybridized carbons (Fsp3) is 0.700. The molecule has 0 atom stereocenters. The molecule has 1 rings (SSSR count). The van der Waals surface area contributed by atoms with Crippen LogP contribution >= 0.6 is 0 Å². The average Bonchev–Trinajstić information content (AvgIpc) is 2.60. The zero-order valence-electron chi connectivity index (χ0n) is 9.54. The van der Waals surface area contributed by atoms with E-state index < -0.39 is 0 Å². The molecule has 0 saturated heterocycles. The number of anilines is 1. The van der Waals surface area contributed by atoms with Gasteiger partial charge < -0.3 is 15.2 Å². The largest absolute Gasteiger partial charge is 0.382 e. The number of aromatic nitrogens is 2. The normalized spacial score (nSPS) is 11.9. The van der Waals surface area contributed by atoms with E-state index in [0.717, 1.165) is 5.69 Å². The Balaban J connectivity index is 2.44. The lowest BCUT2D eigenvalue weighted by molar-refractivity contribution is 0.0476. The van der Waals surface area contributed by atoms with E-state index in [1.807, 2.05) is 6.07 Å². The molecule has 5 nitrogen and oxygen atoms in total. The second-order valence-corrected chi connectivity index (χ2v) is 4.14. The van der Waals surface area contributed by atoms with E-state index in [9.17, 15) is 0 Å². The van der Waals surface area contributed by atoms with Crippen molar-refractivity contribution in [3.8, 4) is 0 Å². The SMILES string of the molecule is COCCOCC(C)(C)c1cc(N)n[nH]1. The third-order valence-electron chi connectivity index (χ3n) is 2.22. The second-order valence-electron chi connectivity index (χ2n) is 4.14. The first-order valence-corrected chi connectivity index (χ1v) is 4.94. The molecule has 0 amide bonds. The monoisotopic (exact) mass is 213 g/mol. The van der Waals surface area contributed by atoms with Crippen LogP contribution in [0.15, 0.2) is 6.07 Å². The number of nitrogens with zero attached hydrogens (tertiary/aromatic N) is 1. The summed E-state index contributed by atoms with van der Waals surface area (Å²) in [6.07, 6.45) is 0. The number of ether oxygens (including phenoxy) is 2. The van der Waals surface area contributed by atoms with E-state index in [1.54, 1.807) is 7.11 Å². The smallest absolute Gasteiger partial charge is 0.145 e. The highest BCUT2D eigenvalue weighted by Gasteiger charge is 2.23. The molecule has 0 bridgehead atoms. The fourth-order valence-electron chi connectivity index (χ4n) is 1.23. The minimum absolute atomic E-state index is 0.113. The predicted octanol–water partition coefficient (Wildman–Crippen LogP) is 0.932. The number of aromatic amines is 1. The van der Waals surface area contributed by atoms with Crippen LogP contribution in [-0.4, -0.2) is 37.1 Å². The van der Waals surface area contributed by atoms with Crippen LogP contribution < -0.4 is 5.73 Å². The van der Waals surface area contributed by atoms with Crippen LogP contribution in [0.3, 0.4) is 0 Å². The van der Waals surface area contributed by atoms with Crippen molar-refractivity contribution in [3.63, 3.8) is 0 Å². The van der Waals surface area contributed by atoms with Crippen molar-refractivity contribution in [3.05, 3.63) is 11.8 Å². The number of hydrogen-bond donors (Lipinski definition) is 2. The molecule has 5 heteroatoms. The van der Waals surface area contributed by atoms with Crippen molar-refractivity contribution >= 4 is 5.82 Å².